The summed E-state index contributed by atoms with van der Waals surface area (Å²) in [5, 5.41) is 32.4. The molecule has 3 aromatic carbocycles. The molecule has 5 aromatic rings. The Morgan fingerprint density at radius 1 is 0.900 bits per heavy atom. The van der Waals surface area contributed by atoms with Crippen molar-refractivity contribution < 1.29 is 46.9 Å². The first kappa shape index (κ1) is 37.1. The van der Waals surface area contributed by atoms with Crippen LogP contribution in [0.4, 0.5) is 33.6 Å². The first-order chi connectivity index (χ1) is 23.6. The van der Waals surface area contributed by atoms with E-state index in [1.807, 2.05) is 38.1 Å². The van der Waals surface area contributed by atoms with E-state index in [1.165, 1.54) is 18.2 Å². The van der Waals surface area contributed by atoms with Gasteiger partial charge < -0.3 is 26.0 Å². The zero-order chi connectivity index (χ0) is 36.7. The van der Waals surface area contributed by atoms with Gasteiger partial charge in [-0.15, -0.1) is 0 Å². The maximum atomic E-state index is 14.9. The van der Waals surface area contributed by atoms with Crippen molar-refractivity contribution in [3.05, 3.63) is 111 Å². The molecule has 5 rings (SSSR count). The van der Waals surface area contributed by atoms with E-state index in [0.717, 1.165) is 33.4 Å². The molecule has 2 aromatic heterocycles. The van der Waals surface area contributed by atoms with Crippen molar-refractivity contribution in [3.63, 3.8) is 0 Å². The fraction of sp³-hybridized carbons (Fsp3) is 0.206. The van der Waals surface area contributed by atoms with Crippen molar-refractivity contribution in [2.45, 2.75) is 32.5 Å². The summed E-state index contributed by atoms with van der Waals surface area (Å²) < 4.78 is 62.4. The van der Waals surface area contributed by atoms with Crippen molar-refractivity contribution in [2.24, 2.45) is 0 Å². The molecule has 0 radical (unpaired) electrons. The van der Waals surface area contributed by atoms with Crippen LogP contribution in [0.15, 0.2) is 77.6 Å². The molecular formula is C34H30F5N5O6. The number of hydrogen-bond acceptors (Lipinski definition) is 8. The number of nitrogens with zero attached hydrogens (tertiary/aromatic N) is 3. The molecule has 5 N–H and O–H groups in total. The number of amides is 1. The number of alkyl halides is 3. The van der Waals surface area contributed by atoms with Gasteiger partial charge in [-0.2, -0.15) is 18.2 Å². The van der Waals surface area contributed by atoms with E-state index < -0.39 is 54.3 Å². The molecule has 0 aliphatic heterocycles. The number of aliphatic hydroxyl groups is 2. The van der Waals surface area contributed by atoms with Crippen LogP contribution < -0.4 is 16.2 Å². The number of carboxylic acids is 1. The highest BCUT2D eigenvalue weighted by molar-refractivity contribution is 5.96. The summed E-state index contributed by atoms with van der Waals surface area (Å²) in [6, 6.07) is 17.9. The summed E-state index contributed by atoms with van der Waals surface area (Å²) in [6.07, 6.45) is -4.92. The van der Waals surface area contributed by atoms with Crippen LogP contribution in [0.5, 0.6) is 0 Å². The van der Waals surface area contributed by atoms with Gasteiger partial charge in [-0.3, -0.25) is 14.2 Å². The second kappa shape index (κ2) is 15.7. The number of aliphatic carboxylic acids is 1. The van der Waals surface area contributed by atoms with E-state index in [4.69, 9.17) is 9.90 Å². The van der Waals surface area contributed by atoms with E-state index in [-0.39, 0.29) is 23.9 Å². The number of carbonyl (C=O) groups excluding carboxylic acids is 1. The Morgan fingerprint density at radius 3 is 2.14 bits per heavy atom. The number of aryl methyl sites for hydroxylation is 2. The molecule has 0 saturated carbocycles. The van der Waals surface area contributed by atoms with Crippen molar-refractivity contribution in [1.82, 2.24) is 14.5 Å². The van der Waals surface area contributed by atoms with Crippen molar-refractivity contribution in [1.29, 1.82) is 0 Å². The largest absolute Gasteiger partial charge is 0.490 e. The van der Waals surface area contributed by atoms with Gasteiger partial charge in [-0.05, 0) is 55.3 Å². The number of aromatic nitrogens is 3. The zero-order valence-corrected chi connectivity index (χ0v) is 26.4. The number of rotatable bonds is 9. The molecule has 11 nitrogen and oxygen atoms in total. The van der Waals surface area contributed by atoms with E-state index >= 15 is 0 Å². The number of pyridine rings is 1. The second-order valence-electron chi connectivity index (χ2n) is 11.0. The van der Waals surface area contributed by atoms with Crippen molar-refractivity contribution >= 4 is 34.5 Å². The molecule has 1 amide bonds. The SMILES string of the molecule is Cc1cccc(CC(=O)Nc2ccc(C)c(-c3nc(NC(CO)CO)nc4c3ccc(=O)n4-c3c(F)cccc3F)c2)c1.O=C(O)C(F)(F)F. The number of hydrogen-bond donors (Lipinski definition) is 5. The topological polar surface area (TPSA) is 167 Å². The number of benzene rings is 3. The number of anilines is 2. The number of carboxylic acid groups (broad SMARTS) is 1. The molecule has 0 bridgehead atoms. The molecule has 16 heteroatoms. The highest BCUT2D eigenvalue weighted by atomic mass is 19.4. The Hall–Kier alpha value is -5.74. The molecule has 0 spiro atoms. The Bertz CT molecular complexity index is 2080. The predicted molar refractivity (Wildman–Crippen MR) is 174 cm³/mol. The van der Waals surface area contributed by atoms with Crippen LogP contribution in [-0.4, -0.2) is 67.2 Å². The summed E-state index contributed by atoms with van der Waals surface area (Å²) >= 11 is 0. The maximum absolute atomic E-state index is 14.9. The van der Waals surface area contributed by atoms with E-state index in [9.17, 15) is 41.8 Å². The van der Waals surface area contributed by atoms with Gasteiger partial charge in [-0.25, -0.2) is 18.6 Å². The van der Waals surface area contributed by atoms with Crippen molar-refractivity contribution in [2.75, 3.05) is 23.8 Å². The molecule has 0 saturated heterocycles. The lowest BCUT2D eigenvalue weighted by molar-refractivity contribution is -0.192. The number of aliphatic hydroxyl groups excluding tert-OH is 2. The molecule has 262 valence electrons. The predicted octanol–water partition coefficient (Wildman–Crippen LogP) is 4.92. The van der Waals surface area contributed by atoms with Gasteiger partial charge in [0.2, 0.25) is 11.9 Å². The number of carbonyl (C=O) groups is 2. The summed E-state index contributed by atoms with van der Waals surface area (Å²) in [4.78, 5) is 43.8. The molecule has 0 unspecified atom stereocenters. The lowest BCUT2D eigenvalue weighted by atomic mass is 10.0. The Labute approximate surface area is 280 Å². The summed E-state index contributed by atoms with van der Waals surface area (Å²) in [6.45, 7) is 2.86. The van der Waals surface area contributed by atoms with Gasteiger partial charge in [0.1, 0.15) is 17.3 Å². The van der Waals surface area contributed by atoms with Crippen LogP contribution >= 0.6 is 0 Å². The van der Waals surface area contributed by atoms with Crippen LogP contribution in [-0.2, 0) is 16.0 Å². The normalized spacial score (nSPS) is 11.2. The second-order valence-corrected chi connectivity index (χ2v) is 11.0. The lowest BCUT2D eigenvalue weighted by Crippen LogP contribution is -2.29. The van der Waals surface area contributed by atoms with E-state index in [0.29, 0.717) is 22.3 Å². The summed E-state index contributed by atoms with van der Waals surface area (Å²) in [5.74, 6) is -5.02. The first-order valence-corrected chi connectivity index (χ1v) is 14.8. The first-order valence-electron chi connectivity index (χ1n) is 14.8. The number of halogens is 5. The fourth-order valence-electron chi connectivity index (χ4n) is 4.80. The molecule has 50 heavy (non-hydrogen) atoms. The molecule has 0 atom stereocenters. The van der Waals surface area contributed by atoms with Crippen LogP contribution in [0.25, 0.3) is 28.0 Å². The van der Waals surface area contributed by atoms with Crippen LogP contribution in [0.2, 0.25) is 0 Å². The Kier molecular flexibility index (Phi) is 11.6. The smallest absolute Gasteiger partial charge is 0.475 e. The minimum absolute atomic E-state index is 0.0972. The molecule has 2 heterocycles. The zero-order valence-electron chi connectivity index (χ0n) is 26.4. The highest BCUT2D eigenvalue weighted by Crippen LogP contribution is 2.33. The third-order valence-electron chi connectivity index (χ3n) is 7.15. The monoisotopic (exact) mass is 699 g/mol. The van der Waals surface area contributed by atoms with Gasteiger partial charge in [0.25, 0.3) is 5.56 Å². The van der Waals surface area contributed by atoms with Crippen LogP contribution in [0, 0.1) is 25.5 Å². The van der Waals surface area contributed by atoms with E-state index in [1.54, 1.807) is 18.2 Å². The molecule has 0 aliphatic rings. The van der Waals surface area contributed by atoms with Gasteiger partial charge in [0.05, 0.1) is 31.4 Å². The number of para-hydroxylation sites is 1. The highest BCUT2D eigenvalue weighted by Gasteiger charge is 2.38. The van der Waals surface area contributed by atoms with Crippen LogP contribution in [0.3, 0.4) is 0 Å². The fourth-order valence-corrected chi connectivity index (χ4v) is 4.80. The number of nitrogens with one attached hydrogen (secondary N) is 2. The number of fused-ring (bicyclic) bond motifs is 1. The minimum atomic E-state index is -5.08. The summed E-state index contributed by atoms with van der Waals surface area (Å²) in [7, 11) is 0. The standard InChI is InChI=1S/C32H29F2N5O4.C2HF3O2/c1-18-5-3-6-20(13-18)14-27(42)35-21-10-9-19(2)24(15-21)29-23-11-12-28(43)39(30-25(33)7-4-8-26(30)34)31(23)38-32(37-29)36-22(16-40)17-41;3-2(4,5)1(6)7/h3-13,15,22,40-41H,14,16-17H2,1-2H3,(H,35,42)(H,36,37,38);(H,6,7). The molecular weight excluding hydrogens is 669 g/mol. The summed E-state index contributed by atoms with van der Waals surface area (Å²) in [5.41, 5.74) is 2.53. The van der Waals surface area contributed by atoms with Gasteiger partial charge in [0.15, 0.2) is 5.65 Å². The quantitative estimate of drug-likeness (QED) is 0.134. The lowest BCUT2D eigenvalue weighted by Gasteiger charge is -2.18. The Balaban J connectivity index is 0.000000727. The average Bonchev–Trinajstić information content (AvgIpc) is 3.05. The van der Waals surface area contributed by atoms with E-state index in [2.05, 4.69) is 20.6 Å². The van der Waals surface area contributed by atoms with Crippen molar-refractivity contribution in [3.8, 4) is 16.9 Å². The average molecular weight is 700 g/mol. The Morgan fingerprint density at radius 2 is 1.54 bits per heavy atom. The van der Waals surface area contributed by atoms with Gasteiger partial charge in [-0.1, -0.05) is 42.0 Å². The van der Waals surface area contributed by atoms with Gasteiger partial charge in [0, 0.05) is 22.7 Å². The molecule has 0 aliphatic carbocycles. The third kappa shape index (κ3) is 8.83. The third-order valence-corrected chi connectivity index (χ3v) is 7.15. The van der Waals surface area contributed by atoms with Gasteiger partial charge >= 0.3 is 12.1 Å². The maximum Gasteiger partial charge on any atom is 0.490 e. The van der Waals surface area contributed by atoms with Crippen LogP contribution in [0.1, 0.15) is 16.7 Å². The minimum Gasteiger partial charge on any atom is -0.475 e. The molecule has 0 fully saturated rings.